The fourth-order valence-corrected chi connectivity index (χ4v) is 3.64. The van der Waals surface area contributed by atoms with E-state index in [1.54, 1.807) is 12.1 Å². The molecular weight excluding hydrogens is 341 g/mol. The Balaban J connectivity index is 1.96. The highest BCUT2D eigenvalue weighted by atomic mass is 19.1. The van der Waals surface area contributed by atoms with Crippen molar-refractivity contribution in [3.05, 3.63) is 96.4 Å². The number of rotatable bonds is 5. The van der Waals surface area contributed by atoms with Crippen LogP contribution in [0.3, 0.4) is 0 Å². The maximum Gasteiger partial charge on any atom is 0.123 e. The number of para-hydroxylation sites is 1. The lowest BCUT2D eigenvalue weighted by Crippen LogP contribution is -2.28. The Morgan fingerprint density at radius 1 is 0.889 bits per heavy atom. The Hall–Kier alpha value is -2.95. The summed E-state index contributed by atoms with van der Waals surface area (Å²) >= 11 is 0. The molecule has 3 aromatic carbocycles. The lowest BCUT2D eigenvalue weighted by molar-refractivity contribution is 0.0653. The zero-order valence-electron chi connectivity index (χ0n) is 14.7. The van der Waals surface area contributed by atoms with Crippen molar-refractivity contribution < 1.29 is 14.6 Å². The second-order valence-corrected chi connectivity index (χ2v) is 6.58. The van der Waals surface area contributed by atoms with E-state index in [0.29, 0.717) is 5.56 Å². The van der Waals surface area contributed by atoms with Crippen LogP contribution < -0.4 is 0 Å². The van der Waals surface area contributed by atoms with Crippen molar-refractivity contribution in [2.24, 2.45) is 0 Å². The molecule has 2 atom stereocenters. The molecule has 4 aromatic rings. The summed E-state index contributed by atoms with van der Waals surface area (Å²) in [5, 5.41) is 21.2. The van der Waals surface area contributed by atoms with Gasteiger partial charge in [-0.2, -0.15) is 0 Å². The standard InChI is InChI=1S/C23H20FNO2/c24-18-10-6-9-17(13-18)23(22(27)15-26)25-14-20(16-7-2-1-3-8-16)19-11-4-5-12-21(19)25/h1-14,22-23,26-27H,15H2/t22-,23+/m1/s1. The molecule has 0 aliphatic heterocycles. The number of halogens is 1. The minimum absolute atomic E-state index is 0.373. The van der Waals surface area contributed by atoms with Crippen LogP contribution in [0.15, 0.2) is 85.1 Å². The number of aliphatic hydroxyl groups is 2. The summed E-state index contributed by atoms with van der Waals surface area (Å²) in [4.78, 5) is 0. The van der Waals surface area contributed by atoms with E-state index in [9.17, 15) is 14.6 Å². The van der Waals surface area contributed by atoms with Crippen molar-refractivity contribution in [1.29, 1.82) is 0 Å². The van der Waals surface area contributed by atoms with Gasteiger partial charge >= 0.3 is 0 Å². The molecule has 0 radical (unpaired) electrons. The fourth-order valence-electron chi connectivity index (χ4n) is 3.64. The van der Waals surface area contributed by atoms with Gasteiger partial charge in [-0.25, -0.2) is 4.39 Å². The molecular formula is C23H20FNO2. The number of hydrogen-bond donors (Lipinski definition) is 2. The summed E-state index contributed by atoms with van der Waals surface area (Å²) in [6, 6.07) is 23.5. The van der Waals surface area contributed by atoms with Crippen molar-refractivity contribution in [3.8, 4) is 11.1 Å². The summed E-state index contributed by atoms with van der Waals surface area (Å²) in [5.74, 6) is -0.373. The monoisotopic (exact) mass is 361 g/mol. The van der Waals surface area contributed by atoms with Crippen molar-refractivity contribution in [3.63, 3.8) is 0 Å². The van der Waals surface area contributed by atoms with Gasteiger partial charge in [0, 0.05) is 22.7 Å². The first kappa shape index (κ1) is 17.5. The van der Waals surface area contributed by atoms with Gasteiger partial charge in [-0.15, -0.1) is 0 Å². The molecule has 0 saturated heterocycles. The van der Waals surface area contributed by atoms with E-state index >= 15 is 0 Å². The summed E-state index contributed by atoms with van der Waals surface area (Å²) in [7, 11) is 0. The number of nitrogens with zero attached hydrogens (tertiary/aromatic N) is 1. The first-order valence-corrected chi connectivity index (χ1v) is 8.88. The Morgan fingerprint density at radius 2 is 1.63 bits per heavy atom. The Kier molecular flexibility index (Phi) is 4.75. The zero-order valence-corrected chi connectivity index (χ0v) is 14.7. The Labute approximate surface area is 156 Å². The van der Waals surface area contributed by atoms with Gasteiger partial charge in [-0.1, -0.05) is 60.7 Å². The number of benzene rings is 3. The molecule has 0 amide bonds. The number of hydrogen-bond acceptors (Lipinski definition) is 2. The lowest BCUT2D eigenvalue weighted by Gasteiger charge is -2.25. The van der Waals surface area contributed by atoms with E-state index in [1.807, 2.05) is 65.4 Å². The Morgan fingerprint density at radius 3 is 2.37 bits per heavy atom. The topological polar surface area (TPSA) is 45.4 Å². The van der Waals surface area contributed by atoms with Crippen LogP contribution in [-0.4, -0.2) is 27.5 Å². The number of aromatic nitrogens is 1. The van der Waals surface area contributed by atoms with Gasteiger partial charge < -0.3 is 14.8 Å². The summed E-state index contributed by atoms with van der Waals surface area (Å²) < 4.78 is 15.8. The maximum absolute atomic E-state index is 13.8. The van der Waals surface area contributed by atoms with E-state index in [4.69, 9.17) is 0 Å². The van der Waals surface area contributed by atoms with Gasteiger partial charge in [-0.3, -0.25) is 0 Å². The minimum atomic E-state index is -1.06. The normalized spacial score (nSPS) is 13.6. The van der Waals surface area contributed by atoms with E-state index in [1.165, 1.54) is 12.1 Å². The SMILES string of the molecule is OC[C@@H](O)[C@H](c1cccc(F)c1)n1cc(-c2ccccc2)c2ccccc21. The highest BCUT2D eigenvalue weighted by Gasteiger charge is 2.25. The quantitative estimate of drug-likeness (QED) is 0.554. The van der Waals surface area contributed by atoms with Crippen LogP contribution in [0.2, 0.25) is 0 Å². The largest absolute Gasteiger partial charge is 0.394 e. The van der Waals surface area contributed by atoms with E-state index in [2.05, 4.69) is 0 Å². The van der Waals surface area contributed by atoms with Gasteiger partial charge in [0.15, 0.2) is 0 Å². The number of aliphatic hydroxyl groups excluding tert-OH is 2. The lowest BCUT2D eigenvalue weighted by atomic mass is 10.0. The van der Waals surface area contributed by atoms with Gasteiger partial charge in [0.2, 0.25) is 0 Å². The third-order valence-electron chi connectivity index (χ3n) is 4.87. The van der Waals surface area contributed by atoms with Gasteiger partial charge in [-0.05, 0) is 29.3 Å². The molecule has 27 heavy (non-hydrogen) atoms. The molecule has 2 N–H and O–H groups in total. The molecule has 3 nitrogen and oxygen atoms in total. The Bertz CT molecular complexity index is 1060. The van der Waals surface area contributed by atoms with Crippen LogP contribution in [0.5, 0.6) is 0 Å². The van der Waals surface area contributed by atoms with Crippen molar-refractivity contribution in [2.75, 3.05) is 6.61 Å². The molecule has 0 bridgehead atoms. The predicted molar refractivity (Wildman–Crippen MR) is 105 cm³/mol. The minimum Gasteiger partial charge on any atom is -0.394 e. The molecule has 4 rings (SSSR count). The summed E-state index contributed by atoms with van der Waals surface area (Å²) in [5.41, 5.74) is 3.61. The third kappa shape index (κ3) is 3.25. The van der Waals surface area contributed by atoms with Crippen LogP contribution in [0, 0.1) is 5.82 Å². The summed E-state index contributed by atoms with van der Waals surface area (Å²) in [6.45, 7) is -0.422. The second kappa shape index (κ2) is 7.35. The third-order valence-corrected chi connectivity index (χ3v) is 4.87. The van der Waals surface area contributed by atoms with E-state index < -0.39 is 18.8 Å². The number of fused-ring (bicyclic) bond motifs is 1. The molecule has 0 aliphatic rings. The van der Waals surface area contributed by atoms with Crippen molar-refractivity contribution >= 4 is 10.9 Å². The van der Waals surface area contributed by atoms with Crippen LogP contribution in [-0.2, 0) is 0 Å². The molecule has 0 fully saturated rings. The first-order valence-electron chi connectivity index (χ1n) is 8.88. The molecule has 0 spiro atoms. The molecule has 0 unspecified atom stereocenters. The van der Waals surface area contributed by atoms with Crippen LogP contribution in [0.25, 0.3) is 22.0 Å². The predicted octanol–water partition coefficient (Wildman–Crippen LogP) is 4.39. The summed E-state index contributed by atoms with van der Waals surface area (Å²) in [6.07, 6.45) is 0.903. The molecule has 1 heterocycles. The average molecular weight is 361 g/mol. The van der Waals surface area contributed by atoms with Crippen molar-refractivity contribution in [1.82, 2.24) is 4.57 Å². The second-order valence-electron chi connectivity index (χ2n) is 6.58. The molecule has 1 aromatic heterocycles. The van der Waals surface area contributed by atoms with E-state index in [0.717, 1.165) is 22.0 Å². The highest BCUT2D eigenvalue weighted by Crippen LogP contribution is 2.35. The molecule has 136 valence electrons. The van der Waals surface area contributed by atoms with Gasteiger partial charge in [0.1, 0.15) is 11.9 Å². The fraction of sp³-hybridized carbons (Fsp3) is 0.130. The first-order chi connectivity index (χ1) is 13.2. The smallest absolute Gasteiger partial charge is 0.123 e. The zero-order chi connectivity index (χ0) is 18.8. The van der Waals surface area contributed by atoms with Crippen LogP contribution >= 0.6 is 0 Å². The molecule has 4 heteroatoms. The van der Waals surface area contributed by atoms with Gasteiger partial charge in [0.25, 0.3) is 0 Å². The van der Waals surface area contributed by atoms with Crippen molar-refractivity contribution in [2.45, 2.75) is 12.1 Å². The van der Waals surface area contributed by atoms with Crippen LogP contribution in [0.1, 0.15) is 11.6 Å². The molecule has 0 aliphatic carbocycles. The van der Waals surface area contributed by atoms with Gasteiger partial charge in [0.05, 0.1) is 12.6 Å². The average Bonchev–Trinajstić information content (AvgIpc) is 3.08. The maximum atomic E-state index is 13.8. The van der Waals surface area contributed by atoms with Crippen LogP contribution in [0.4, 0.5) is 4.39 Å². The van der Waals surface area contributed by atoms with E-state index in [-0.39, 0.29) is 5.82 Å². The molecule has 0 saturated carbocycles. The highest BCUT2D eigenvalue weighted by molar-refractivity contribution is 5.96.